The Morgan fingerprint density at radius 3 is 2.24 bits per heavy atom. The monoisotopic (exact) mass is 695 g/mol. The molecule has 6 rings (SSSR count). The van der Waals surface area contributed by atoms with Crippen molar-refractivity contribution >= 4 is 52.2 Å². The Morgan fingerprint density at radius 1 is 0.902 bits per heavy atom. The molecule has 3 heterocycles. The lowest BCUT2D eigenvalue weighted by Crippen LogP contribution is -2.44. The van der Waals surface area contributed by atoms with Gasteiger partial charge in [-0.05, 0) is 106 Å². The van der Waals surface area contributed by atoms with E-state index in [1.807, 2.05) is 43.3 Å². The van der Waals surface area contributed by atoms with Gasteiger partial charge in [-0.2, -0.15) is 4.90 Å². The number of nitrogens with one attached hydrogen (secondary N) is 3. The third-order valence-electron chi connectivity index (χ3n) is 7.83. The fraction of sp³-hybridized carbons (Fsp3) is 0.359. The molecule has 12 heteroatoms. The molecule has 0 aliphatic carbocycles. The number of anilines is 3. The van der Waals surface area contributed by atoms with E-state index in [1.54, 1.807) is 77.9 Å². The van der Waals surface area contributed by atoms with E-state index in [9.17, 15) is 19.2 Å². The molecule has 4 bridgehead atoms. The Morgan fingerprint density at radius 2 is 1.59 bits per heavy atom. The van der Waals surface area contributed by atoms with Gasteiger partial charge in [0.05, 0.1) is 0 Å². The quantitative estimate of drug-likeness (QED) is 0.179. The Labute approximate surface area is 297 Å². The van der Waals surface area contributed by atoms with E-state index in [2.05, 4.69) is 20.9 Å². The predicted octanol–water partition coefficient (Wildman–Crippen LogP) is 8.26. The first-order valence-electron chi connectivity index (χ1n) is 16.9. The number of amides is 4. The number of imide groups is 1. The van der Waals surface area contributed by atoms with E-state index in [1.165, 1.54) is 6.20 Å². The van der Waals surface area contributed by atoms with Gasteiger partial charge in [-0.15, -0.1) is 0 Å². The summed E-state index contributed by atoms with van der Waals surface area (Å²) in [4.78, 5) is 58.4. The molecular weight excluding hydrogens is 650 g/mol. The molecule has 0 radical (unpaired) electrons. The number of ether oxygens (including phenoxy) is 3. The van der Waals surface area contributed by atoms with Gasteiger partial charge in [0.15, 0.2) is 5.82 Å². The van der Waals surface area contributed by atoms with Crippen LogP contribution in [0.1, 0.15) is 77.6 Å². The fourth-order valence-electron chi connectivity index (χ4n) is 5.49. The number of benzene rings is 3. The van der Waals surface area contributed by atoms with E-state index < -0.39 is 35.5 Å². The van der Waals surface area contributed by atoms with Gasteiger partial charge in [-0.3, -0.25) is 10.1 Å². The van der Waals surface area contributed by atoms with Crippen LogP contribution in [-0.4, -0.2) is 46.5 Å². The first-order chi connectivity index (χ1) is 24.1. The lowest BCUT2D eigenvalue weighted by molar-refractivity contribution is -0.122. The van der Waals surface area contributed by atoms with Gasteiger partial charge in [-0.1, -0.05) is 43.3 Å². The normalized spacial score (nSPS) is 16.8. The van der Waals surface area contributed by atoms with Crippen molar-refractivity contribution < 1.29 is 33.4 Å². The van der Waals surface area contributed by atoms with Crippen molar-refractivity contribution in [3.05, 3.63) is 95.7 Å². The number of nitrogens with zero attached hydrogens (tertiary/aromatic N) is 2. The van der Waals surface area contributed by atoms with Crippen molar-refractivity contribution in [1.29, 1.82) is 0 Å². The van der Waals surface area contributed by atoms with Gasteiger partial charge in [0.1, 0.15) is 23.3 Å². The summed E-state index contributed by atoms with van der Waals surface area (Å²) in [5.74, 6) is -0.219. The van der Waals surface area contributed by atoms with Crippen LogP contribution in [0.3, 0.4) is 0 Å². The summed E-state index contributed by atoms with van der Waals surface area (Å²) in [6.07, 6.45) is -0.0674. The van der Waals surface area contributed by atoms with Gasteiger partial charge in [0.2, 0.25) is 5.91 Å². The van der Waals surface area contributed by atoms with E-state index in [0.29, 0.717) is 35.0 Å². The van der Waals surface area contributed by atoms with E-state index in [0.717, 1.165) is 21.6 Å². The Balaban J connectivity index is 1.49. The third kappa shape index (κ3) is 9.74. The maximum Gasteiger partial charge on any atom is 0.425 e. The molecule has 2 aliphatic rings. The smallest absolute Gasteiger partial charge is 0.425 e. The molecule has 268 valence electrons. The highest BCUT2D eigenvalue weighted by molar-refractivity contribution is 6.14. The highest BCUT2D eigenvalue weighted by Crippen LogP contribution is 2.31. The van der Waals surface area contributed by atoms with Gasteiger partial charge >= 0.3 is 18.3 Å². The second-order valence-electron chi connectivity index (χ2n) is 14.4. The van der Waals surface area contributed by atoms with Crippen molar-refractivity contribution in [2.45, 2.75) is 91.2 Å². The maximum atomic E-state index is 13.9. The van der Waals surface area contributed by atoms with Gasteiger partial charge < -0.3 is 24.8 Å². The largest absolute Gasteiger partial charge is 0.446 e. The van der Waals surface area contributed by atoms with Crippen LogP contribution in [0.2, 0.25) is 0 Å². The minimum atomic E-state index is -0.921. The van der Waals surface area contributed by atoms with Crippen molar-refractivity contribution in [3.8, 4) is 0 Å². The van der Waals surface area contributed by atoms with Crippen LogP contribution >= 0.6 is 0 Å². The van der Waals surface area contributed by atoms with Gasteiger partial charge in [0.25, 0.3) is 0 Å². The molecule has 3 aromatic carbocycles. The Kier molecular flexibility index (Phi) is 10.8. The molecule has 3 N–H and O–H groups in total. The van der Waals surface area contributed by atoms with E-state index in [4.69, 9.17) is 14.2 Å². The van der Waals surface area contributed by atoms with Gasteiger partial charge in [-0.25, -0.2) is 19.4 Å². The maximum absolute atomic E-state index is 13.9. The predicted molar refractivity (Wildman–Crippen MR) is 196 cm³/mol. The number of hydrogen-bond acceptors (Lipinski definition) is 9. The van der Waals surface area contributed by atoms with E-state index in [-0.39, 0.29) is 24.4 Å². The zero-order valence-corrected chi connectivity index (χ0v) is 30.0. The zero-order chi connectivity index (χ0) is 36.9. The van der Waals surface area contributed by atoms with Crippen LogP contribution < -0.4 is 20.9 Å². The highest BCUT2D eigenvalue weighted by Gasteiger charge is 2.34. The average Bonchev–Trinajstić information content (AvgIpc) is 3.04. The van der Waals surface area contributed by atoms with Crippen molar-refractivity contribution in [3.63, 3.8) is 0 Å². The minimum absolute atomic E-state index is 0.0494. The second-order valence-corrected chi connectivity index (χ2v) is 14.4. The molecule has 2 aliphatic heterocycles. The molecule has 4 amide bonds. The summed E-state index contributed by atoms with van der Waals surface area (Å²) < 4.78 is 16.8. The number of carbonyl (C=O) groups excluding carboxylic acids is 4. The SMILES string of the molecule is CCC1Cc2ccc(cc2)C(Nc2ccc3c(N(C(=O)OC(C)(C)C)C(=O)OC(C)(C)C)nccc3c2)C(=O)NCc2cccc(c2)NC(=O)O1. The third-order valence-corrected chi connectivity index (χ3v) is 7.83. The standard InChI is InChI=1S/C39H45N5O7/c1-8-30-21-24-12-14-26(15-13-24)32(34(45)41-23-25-10-9-11-28(20-25)43-35(46)49-30)42-29-16-17-31-27(22-29)18-19-40-33(31)44(36(47)50-38(2,3)4)37(48)51-39(5,6)7/h9-20,22,30,32,42H,8,21,23H2,1-7H3,(H,41,45)(H,43,46). The molecule has 0 saturated carbocycles. The lowest BCUT2D eigenvalue weighted by atomic mass is 10.00. The molecule has 2 unspecified atom stereocenters. The van der Waals surface area contributed by atoms with Crippen LogP contribution in [-0.2, 0) is 32.0 Å². The van der Waals surface area contributed by atoms with Crippen LogP contribution in [0.4, 0.5) is 31.6 Å². The number of pyridine rings is 1. The zero-order valence-electron chi connectivity index (χ0n) is 30.0. The summed E-state index contributed by atoms with van der Waals surface area (Å²) in [5.41, 5.74) is 1.88. The van der Waals surface area contributed by atoms with Crippen LogP contribution in [0.5, 0.6) is 0 Å². The summed E-state index contributed by atoms with van der Waals surface area (Å²) in [6.45, 7) is 12.4. The Bertz CT molecular complexity index is 1890. The Hall–Kier alpha value is -5.65. The molecule has 1 aromatic heterocycles. The molecule has 12 nitrogen and oxygen atoms in total. The molecule has 4 aromatic rings. The number of rotatable bonds is 4. The average molecular weight is 696 g/mol. The highest BCUT2D eigenvalue weighted by atomic mass is 16.6. The summed E-state index contributed by atoms with van der Waals surface area (Å²) in [5, 5.41) is 10.3. The van der Waals surface area contributed by atoms with E-state index >= 15 is 0 Å². The summed E-state index contributed by atoms with van der Waals surface area (Å²) in [7, 11) is 0. The van der Waals surface area contributed by atoms with Gasteiger partial charge in [0, 0.05) is 35.9 Å². The van der Waals surface area contributed by atoms with Crippen molar-refractivity contribution in [2.75, 3.05) is 15.5 Å². The first-order valence-corrected chi connectivity index (χ1v) is 16.9. The number of fused-ring (bicyclic) bond motifs is 10. The summed E-state index contributed by atoms with van der Waals surface area (Å²) >= 11 is 0. The molecular formula is C39H45N5O7. The fourth-order valence-corrected chi connectivity index (χ4v) is 5.49. The molecule has 0 fully saturated rings. The molecule has 2 atom stereocenters. The summed E-state index contributed by atoms with van der Waals surface area (Å²) in [6, 6.07) is 21.1. The number of carbonyl (C=O) groups is 4. The van der Waals surface area contributed by atoms with Crippen LogP contribution in [0.25, 0.3) is 10.8 Å². The second kappa shape index (κ2) is 15.1. The lowest BCUT2D eigenvalue weighted by Gasteiger charge is -2.28. The van der Waals surface area contributed by atoms with Crippen LogP contribution in [0.15, 0.2) is 79.0 Å². The topological polar surface area (TPSA) is 148 Å². The number of hydrogen-bond donors (Lipinski definition) is 3. The molecule has 0 saturated heterocycles. The first kappa shape index (κ1) is 36.6. The molecule has 0 spiro atoms. The van der Waals surface area contributed by atoms with Crippen molar-refractivity contribution in [2.24, 2.45) is 0 Å². The van der Waals surface area contributed by atoms with Crippen molar-refractivity contribution in [1.82, 2.24) is 10.3 Å². The number of aromatic nitrogens is 1. The van der Waals surface area contributed by atoms with Crippen LogP contribution in [0, 0.1) is 0 Å². The minimum Gasteiger partial charge on any atom is -0.446 e. The molecule has 51 heavy (non-hydrogen) atoms.